The Labute approximate surface area is 128 Å². The first-order valence-electron chi connectivity index (χ1n) is 8.10. The van der Waals surface area contributed by atoms with Crippen molar-refractivity contribution in [2.75, 3.05) is 13.2 Å². The lowest BCUT2D eigenvalue weighted by Crippen LogP contribution is -2.42. The Morgan fingerprint density at radius 2 is 2.19 bits per heavy atom. The van der Waals surface area contributed by atoms with E-state index in [1.807, 2.05) is 6.07 Å². The summed E-state index contributed by atoms with van der Waals surface area (Å²) in [6.45, 7) is 3.83. The van der Waals surface area contributed by atoms with Crippen LogP contribution < -0.4 is 5.32 Å². The molecule has 0 radical (unpaired) electrons. The Balaban J connectivity index is 1.67. The van der Waals surface area contributed by atoms with E-state index < -0.39 is 0 Å². The molecule has 0 spiro atoms. The van der Waals surface area contributed by atoms with Gasteiger partial charge in [-0.1, -0.05) is 37.3 Å². The van der Waals surface area contributed by atoms with Crippen molar-refractivity contribution in [2.24, 2.45) is 0 Å². The quantitative estimate of drug-likeness (QED) is 0.744. The third-order valence-electron chi connectivity index (χ3n) is 4.20. The number of aryl methyl sites for hydroxylation is 1. The van der Waals surface area contributed by atoms with Gasteiger partial charge >= 0.3 is 0 Å². The third-order valence-corrected chi connectivity index (χ3v) is 4.20. The number of rotatable bonds is 8. The van der Waals surface area contributed by atoms with E-state index in [4.69, 9.17) is 4.74 Å². The van der Waals surface area contributed by atoms with Gasteiger partial charge in [0.05, 0.1) is 12.2 Å². The van der Waals surface area contributed by atoms with Crippen LogP contribution in [0.15, 0.2) is 30.3 Å². The number of nitriles is 1. The molecule has 1 aromatic carbocycles. The molecule has 1 saturated carbocycles. The lowest BCUT2D eigenvalue weighted by molar-refractivity contribution is 0.0532. The molecule has 114 valence electrons. The summed E-state index contributed by atoms with van der Waals surface area (Å²) in [6, 6.07) is 13.0. The highest BCUT2D eigenvalue weighted by Crippen LogP contribution is 2.31. The first-order chi connectivity index (χ1) is 10.3. The number of nitrogens with one attached hydrogen (secondary N) is 1. The molecule has 1 aliphatic rings. The fourth-order valence-corrected chi connectivity index (χ4v) is 2.98. The summed E-state index contributed by atoms with van der Waals surface area (Å²) in [5.74, 6) is 0. The number of hydrogen-bond donors (Lipinski definition) is 1. The van der Waals surface area contributed by atoms with Gasteiger partial charge in [0.1, 0.15) is 5.54 Å². The molecule has 0 amide bonds. The first-order valence-corrected chi connectivity index (χ1v) is 8.10. The summed E-state index contributed by atoms with van der Waals surface area (Å²) in [5.41, 5.74) is 1.02. The van der Waals surface area contributed by atoms with Crippen molar-refractivity contribution in [2.45, 2.75) is 57.1 Å². The SMILES string of the molecule is CCCNC1(C#N)CCC(OCCCc2ccccc2)C1. The Kier molecular flexibility index (Phi) is 6.22. The Hall–Kier alpha value is -1.37. The van der Waals surface area contributed by atoms with E-state index in [0.717, 1.165) is 51.7 Å². The zero-order chi connectivity index (χ0) is 15.0. The maximum Gasteiger partial charge on any atom is 0.109 e. The van der Waals surface area contributed by atoms with Crippen LogP contribution in [-0.2, 0) is 11.2 Å². The molecule has 0 saturated heterocycles. The summed E-state index contributed by atoms with van der Waals surface area (Å²) in [6.07, 6.45) is 6.14. The molecule has 3 nitrogen and oxygen atoms in total. The summed E-state index contributed by atoms with van der Waals surface area (Å²) in [7, 11) is 0. The standard InChI is InChI=1S/C18H26N2O/c1-2-12-20-18(15-19)11-10-17(14-18)21-13-6-9-16-7-4-3-5-8-16/h3-5,7-8,17,20H,2,6,9-14H2,1H3. The maximum absolute atomic E-state index is 9.41. The second-order valence-corrected chi connectivity index (χ2v) is 5.95. The second-order valence-electron chi connectivity index (χ2n) is 5.95. The molecule has 1 N–H and O–H groups in total. The molecule has 21 heavy (non-hydrogen) atoms. The molecular weight excluding hydrogens is 260 g/mol. The van der Waals surface area contributed by atoms with Gasteiger partial charge in [0.15, 0.2) is 0 Å². The predicted molar refractivity (Wildman–Crippen MR) is 85.0 cm³/mol. The third kappa shape index (κ3) is 4.84. The van der Waals surface area contributed by atoms with Gasteiger partial charge in [0.25, 0.3) is 0 Å². The van der Waals surface area contributed by atoms with E-state index in [1.54, 1.807) is 0 Å². The van der Waals surface area contributed by atoms with Crippen molar-refractivity contribution in [1.82, 2.24) is 5.32 Å². The summed E-state index contributed by atoms with van der Waals surface area (Å²) < 4.78 is 5.97. The van der Waals surface area contributed by atoms with Gasteiger partial charge in [0.2, 0.25) is 0 Å². The minimum Gasteiger partial charge on any atom is -0.378 e. The maximum atomic E-state index is 9.41. The van der Waals surface area contributed by atoms with Gasteiger partial charge in [-0.2, -0.15) is 5.26 Å². The van der Waals surface area contributed by atoms with Crippen LogP contribution in [0.5, 0.6) is 0 Å². The van der Waals surface area contributed by atoms with Crippen LogP contribution in [0.4, 0.5) is 0 Å². The number of hydrogen-bond acceptors (Lipinski definition) is 3. The van der Waals surface area contributed by atoms with Crippen LogP contribution in [0.2, 0.25) is 0 Å². The molecule has 0 aliphatic heterocycles. The fourth-order valence-electron chi connectivity index (χ4n) is 2.98. The Morgan fingerprint density at radius 1 is 1.38 bits per heavy atom. The van der Waals surface area contributed by atoms with Crippen molar-refractivity contribution >= 4 is 0 Å². The highest BCUT2D eigenvalue weighted by atomic mass is 16.5. The van der Waals surface area contributed by atoms with E-state index in [2.05, 4.69) is 42.6 Å². The molecule has 1 fully saturated rings. The van der Waals surface area contributed by atoms with Crippen LogP contribution in [0, 0.1) is 11.3 Å². The molecule has 2 atom stereocenters. The summed E-state index contributed by atoms with van der Waals surface area (Å²) in [4.78, 5) is 0. The van der Waals surface area contributed by atoms with Crippen LogP contribution in [-0.4, -0.2) is 24.8 Å². The molecule has 0 bridgehead atoms. The van der Waals surface area contributed by atoms with Gasteiger partial charge in [-0.15, -0.1) is 0 Å². The Morgan fingerprint density at radius 3 is 2.90 bits per heavy atom. The van der Waals surface area contributed by atoms with Crippen LogP contribution in [0.25, 0.3) is 0 Å². The number of nitrogens with zero attached hydrogens (tertiary/aromatic N) is 1. The molecule has 2 rings (SSSR count). The molecule has 1 aliphatic carbocycles. The Bertz CT molecular complexity index is 454. The van der Waals surface area contributed by atoms with Gasteiger partial charge < -0.3 is 4.74 Å². The molecule has 0 heterocycles. The summed E-state index contributed by atoms with van der Waals surface area (Å²) >= 11 is 0. The highest BCUT2D eigenvalue weighted by Gasteiger charge is 2.39. The van der Waals surface area contributed by atoms with Crippen molar-refractivity contribution in [1.29, 1.82) is 5.26 Å². The van der Waals surface area contributed by atoms with E-state index in [9.17, 15) is 5.26 Å². The van der Waals surface area contributed by atoms with Crippen molar-refractivity contribution < 1.29 is 4.74 Å². The highest BCUT2D eigenvalue weighted by molar-refractivity contribution is 5.14. The topological polar surface area (TPSA) is 45.0 Å². The zero-order valence-electron chi connectivity index (χ0n) is 13.0. The normalized spacial score (nSPS) is 24.9. The smallest absolute Gasteiger partial charge is 0.109 e. The number of benzene rings is 1. The molecular formula is C18H26N2O. The molecule has 3 heteroatoms. The molecule has 1 aromatic rings. The summed E-state index contributed by atoms with van der Waals surface area (Å²) in [5, 5.41) is 12.8. The van der Waals surface area contributed by atoms with Crippen molar-refractivity contribution in [3.63, 3.8) is 0 Å². The lowest BCUT2D eigenvalue weighted by Gasteiger charge is -2.22. The van der Waals surface area contributed by atoms with Crippen LogP contribution in [0.3, 0.4) is 0 Å². The average molecular weight is 286 g/mol. The van der Waals surface area contributed by atoms with E-state index >= 15 is 0 Å². The average Bonchev–Trinajstić information content (AvgIpc) is 2.95. The molecule has 0 aromatic heterocycles. The number of ether oxygens (including phenoxy) is 1. The van der Waals surface area contributed by atoms with Gasteiger partial charge in [-0.25, -0.2) is 0 Å². The minimum atomic E-state index is -0.347. The second kappa shape index (κ2) is 8.17. The van der Waals surface area contributed by atoms with Crippen molar-refractivity contribution in [3.05, 3.63) is 35.9 Å². The van der Waals surface area contributed by atoms with Gasteiger partial charge in [0, 0.05) is 13.0 Å². The van der Waals surface area contributed by atoms with Gasteiger partial charge in [-0.3, -0.25) is 5.32 Å². The van der Waals surface area contributed by atoms with Crippen molar-refractivity contribution in [3.8, 4) is 6.07 Å². The lowest BCUT2D eigenvalue weighted by atomic mass is 9.99. The van der Waals surface area contributed by atoms with Crippen LogP contribution in [0.1, 0.15) is 44.6 Å². The minimum absolute atomic E-state index is 0.241. The van der Waals surface area contributed by atoms with E-state index in [-0.39, 0.29) is 11.6 Å². The monoisotopic (exact) mass is 286 g/mol. The van der Waals surface area contributed by atoms with Crippen LogP contribution >= 0.6 is 0 Å². The van der Waals surface area contributed by atoms with Gasteiger partial charge in [-0.05, 0) is 44.2 Å². The predicted octanol–water partition coefficient (Wildman–Crippen LogP) is 3.45. The zero-order valence-corrected chi connectivity index (χ0v) is 13.0. The fraction of sp³-hybridized carbons (Fsp3) is 0.611. The molecule has 2 unspecified atom stereocenters. The van der Waals surface area contributed by atoms with E-state index in [1.165, 1.54) is 5.56 Å². The first kappa shape index (κ1) is 16.0. The largest absolute Gasteiger partial charge is 0.378 e. The van der Waals surface area contributed by atoms with E-state index in [0.29, 0.717) is 0 Å².